The molecule has 1 N–H and O–H groups in total. The molecule has 4 nitrogen and oxygen atoms in total. The number of hydrogen-bond acceptors (Lipinski definition) is 4. The molecule has 0 spiro atoms. The SMILES string of the molecule is COC1(C)CCCN(c2ccc([C@@H](C)O)nc2)C1. The van der Waals surface area contributed by atoms with Crippen molar-refractivity contribution in [3.63, 3.8) is 0 Å². The maximum Gasteiger partial charge on any atom is 0.0931 e. The zero-order chi connectivity index (χ0) is 13.2. The van der Waals surface area contributed by atoms with Gasteiger partial charge in [0.05, 0.1) is 29.3 Å². The Morgan fingerprint density at radius 1 is 1.50 bits per heavy atom. The maximum absolute atomic E-state index is 9.45. The number of ether oxygens (including phenoxy) is 1. The number of hydrogen-bond donors (Lipinski definition) is 1. The predicted octanol–water partition coefficient (Wildman–Crippen LogP) is 2.14. The standard InChI is InChI=1S/C14H22N2O2/c1-11(17)13-6-5-12(9-15-13)16-8-4-7-14(2,10-16)18-3/h5-6,9,11,17H,4,7-8,10H2,1-3H3/t11-,14?/m1/s1. The summed E-state index contributed by atoms with van der Waals surface area (Å²) < 4.78 is 5.59. The topological polar surface area (TPSA) is 45.6 Å². The molecular formula is C14H22N2O2. The van der Waals surface area contributed by atoms with E-state index in [-0.39, 0.29) is 5.60 Å². The molecule has 0 saturated carbocycles. The molecule has 1 aliphatic rings. The van der Waals surface area contributed by atoms with Crippen molar-refractivity contribution in [3.8, 4) is 0 Å². The van der Waals surface area contributed by atoms with Gasteiger partial charge in [0.15, 0.2) is 0 Å². The minimum Gasteiger partial charge on any atom is -0.387 e. The van der Waals surface area contributed by atoms with E-state index in [1.54, 1.807) is 14.0 Å². The number of rotatable bonds is 3. The van der Waals surface area contributed by atoms with Crippen LogP contribution in [0.25, 0.3) is 0 Å². The summed E-state index contributed by atoms with van der Waals surface area (Å²) in [6.45, 7) is 5.80. The second-order valence-electron chi connectivity index (χ2n) is 5.30. The molecule has 0 aromatic carbocycles. The van der Waals surface area contributed by atoms with E-state index in [0.717, 1.165) is 31.6 Å². The first kappa shape index (κ1) is 13.3. The van der Waals surface area contributed by atoms with Gasteiger partial charge in [-0.25, -0.2) is 0 Å². The number of pyridine rings is 1. The lowest BCUT2D eigenvalue weighted by Crippen LogP contribution is -2.47. The van der Waals surface area contributed by atoms with E-state index < -0.39 is 6.10 Å². The summed E-state index contributed by atoms with van der Waals surface area (Å²) >= 11 is 0. The Morgan fingerprint density at radius 3 is 2.83 bits per heavy atom. The molecule has 4 heteroatoms. The number of aliphatic hydroxyl groups is 1. The first-order chi connectivity index (χ1) is 8.54. The fourth-order valence-electron chi connectivity index (χ4n) is 2.42. The normalized spacial score (nSPS) is 26.1. The Kier molecular flexibility index (Phi) is 3.88. The highest BCUT2D eigenvalue weighted by Gasteiger charge is 2.30. The molecule has 100 valence electrons. The first-order valence-electron chi connectivity index (χ1n) is 6.48. The Bertz CT molecular complexity index is 391. The van der Waals surface area contributed by atoms with E-state index in [1.165, 1.54) is 0 Å². The van der Waals surface area contributed by atoms with E-state index in [9.17, 15) is 5.11 Å². The molecule has 2 heterocycles. The molecule has 1 aromatic rings. The van der Waals surface area contributed by atoms with Crippen molar-refractivity contribution in [2.45, 2.75) is 38.4 Å². The summed E-state index contributed by atoms with van der Waals surface area (Å²) in [6.07, 6.45) is 3.55. The smallest absolute Gasteiger partial charge is 0.0931 e. The lowest BCUT2D eigenvalue weighted by atomic mass is 9.94. The number of nitrogens with zero attached hydrogens (tertiary/aromatic N) is 2. The number of aliphatic hydroxyl groups excluding tert-OH is 1. The summed E-state index contributed by atoms with van der Waals surface area (Å²) in [4.78, 5) is 6.59. The second kappa shape index (κ2) is 5.24. The maximum atomic E-state index is 9.45. The number of aromatic nitrogens is 1. The van der Waals surface area contributed by atoms with Crippen LogP contribution in [0.5, 0.6) is 0 Å². The Morgan fingerprint density at radius 2 is 2.28 bits per heavy atom. The van der Waals surface area contributed by atoms with Crippen LogP contribution in [0.15, 0.2) is 18.3 Å². The van der Waals surface area contributed by atoms with E-state index >= 15 is 0 Å². The predicted molar refractivity (Wildman–Crippen MR) is 71.7 cm³/mol. The van der Waals surface area contributed by atoms with Gasteiger partial charge in [0, 0.05) is 20.2 Å². The summed E-state index contributed by atoms with van der Waals surface area (Å²) in [5.41, 5.74) is 1.74. The number of methoxy groups -OCH3 is 1. The Balaban J connectivity index is 2.11. The van der Waals surface area contributed by atoms with Gasteiger partial charge in [-0.05, 0) is 38.8 Å². The summed E-state index contributed by atoms with van der Waals surface area (Å²) in [5, 5.41) is 9.45. The average Bonchev–Trinajstić information content (AvgIpc) is 2.39. The van der Waals surface area contributed by atoms with Crippen molar-refractivity contribution in [2.75, 3.05) is 25.1 Å². The van der Waals surface area contributed by atoms with Crippen LogP contribution in [0, 0.1) is 0 Å². The third-order valence-electron chi connectivity index (χ3n) is 3.72. The third-order valence-corrected chi connectivity index (χ3v) is 3.72. The van der Waals surface area contributed by atoms with Crippen LogP contribution in [0.2, 0.25) is 0 Å². The third kappa shape index (κ3) is 2.82. The molecular weight excluding hydrogens is 228 g/mol. The highest BCUT2D eigenvalue weighted by molar-refractivity contribution is 5.45. The van der Waals surface area contributed by atoms with Gasteiger partial charge >= 0.3 is 0 Å². The molecule has 1 aromatic heterocycles. The van der Waals surface area contributed by atoms with E-state index in [1.807, 2.05) is 18.3 Å². The monoisotopic (exact) mass is 250 g/mol. The molecule has 0 aliphatic carbocycles. The van der Waals surface area contributed by atoms with Gasteiger partial charge in [0.2, 0.25) is 0 Å². The Hall–Kier alpha value is -1.13. The van der Waals surface area contributed by atoms with Crippen LogP contribution in [0.1, 0.15) is 38.5 Å². The minimum absolute atomic E-state index is 0.0683. The average molecular weight is 250 g/mol. The summed E-state index contributed by atoms with van der Waals surface area (Å²) in [5.74, 6) is 0. The number of piperidine rings is 1. The molecule has 1 saturated heterocycles. The van der Waals surface area contributed by atoms with Crippen LogP contribution in [0.3, 0.4) is 0 Å². The molecule has 0 radical (unpaired) electrons. The van der Waals surface area contributed by atoms with E-state index in [4.69, 9.17) is 4.74 Å². The molecule has 18 heavy (non-hydrogen) atoms. The van der Waals surface area contributed by atoms with Crippen molar-refractivity contribution >= 4 is 5.69 Å². The van der Waals surface area contributed by atoms with Crippen molar-refractivity contribution in [3.05, 3.63) is 24.0 Å². The van der Waals surface area contributed by atoms with Crippen LogP contribution in [0.4, 0.5) is 5.69 Å². The molecule has 2 atom stereocenters. The van der Waals surface area contributed by atoms with Crippen LogP contribution >= 0.6 is 0 Å². The van der Waals surface area contributed by atoms with Gasteiger partial charge in [-0.2, -0.15) is 0 Å². The molecule has 1 fully saturated rings. The van der Waals surface area contributed by atoms with Gasteiger partial charge in [-0.1, -0.05) is 0 Å². The molecule has 1 aliphatic heterocycles. The first-order valence-corrected chi connectivity index (χ1v) is 6.48. The lowest BCUT2D eigenvalue weighted by molar-refractivity contribution is -0.00466. The van der Waals surface area contributed by atoms with Crippen molar-refractivity contribution in [1.29, 1.82) is 0 Å². The molecule has 1 unspecified atom stereocenters. The van der Waals surface area contributed by atoms with Gasteiger partial charge in [-0.3, -0.25) is 4.98 Å². The fourth-order valence-corrected chi connectivity index (χ4v) is 2.42. The van der Waals surface area contributed by atoms with Gasteiger partial charge in [0.25, 0.3) is 0 Å². The quantitative estimate of drug-likeness (QED) is 0.892. The highest BCUT2D eigenvalue weighted by atomic mass is 16.5. The lowest BCUT2D eigenvalue weighted by Gasteiger charge is -2.40. The second-order valence-corrected chi connectivity index (χ2v) is 5.30. The van der Waals surface area contributed by atoms with E-state index in [2.05, 4.69) is 16.8 Å². The van der Waals surface area contributed by atoms with Crippen molar-refractivity contribution in [1.82, 2.24) is 4.98 Å². The zero-order valence-corrected chi connectivity index (χ0v) is 11.4. The van der Waals surface area contributed by atoms with Gasteiger partial charge in [-0.15, -0.1) is 0 Å². The fraction of sp³-hybridized carbons (Fsp3) is 0.643. The van der Waals surface area contributed by atoms with Crippen LogP contribution in [-0.4, -0.2) is 35.9 Å². The van der Waals surface area contributed by atoms with E-state index in [0.29, 0.717) is 5.69 Å². The van der Waals surface area contributed by atoms with Crippen molar-refractivity contribution < 1.29 is 9.84 Å². The summed E-state index contributed by atoms with van der Waals surface area (Å²) in [6, 6.07) is 3.91. The summed E-state index contributed by atoms with van der Waals surface area (Å²) in [7, 11) is 1.78. The van der Waals surface area contributed by atoms with Gasteiger partial charge in [0.1, 0.15) is 0 Å². The minimum atomic E-state index is -0.510. The molecule has 2 rings (SSSR count). The highest BCUT2D eigenvalue weighted by Crippen LogP contribution is 2.27. The number of anilines is 1. The zero-order valence-electron chi connectivity index (χ0n) is 11.4. The van der Waals surface area contributed by atoms with Crippen LogP contribution in [-0.2, 0) is 4.74 Å². The van der Waals surface area contributed by atoms with Crippen LogP contribution < -0.4 is 4.90 Å². The molecule has 0 amide bonds. The Labute approximate surface area is 109 Å². The largest absolute Gasteiger partial charge is 0.387 e. The van der Waals surface area contributed by atoms with Gasteiger partial charge < -0.3 is 14.7 Å². The molecule has 0 bridgehead atoms. The van der Waals surface area contributed by atoms with Crippen molar-refractivity contribution in [2.24, 2.45) is 0 Å².